The maximum Gasteiger partial charge on any atom is 0.263 e. The van der Waals surface area contributed by atoms with E-state index < -0.39 is 14.8 Å². The van der Waals surface area contributed by atoms with Gasteiger partial charge in [0.1, 0.15) is 4.75 Å². The fraction of sp³-hybridized carbons (Fsp3) is 0.214. The number of allylic oxidation sites excluding steroid dienone is 2. The van der Waals surface area contributed by atoms with Crippen LogP contribution in [0.3, 0.4) is 0 Å². The fourth-order valence-corrected chi connectivity index (χ4v) is 6.15. The minimum atomic E-state index is -3.88. The Bertz CT molecular complexity index is 1840. The van der Waals surface area contributed by atoms with E-state index in [1.807, 2.05) is 13.0 Å². The average Bonchev–Trinajstić information content (AvgIpc) is 3.43. The number of nitrogens with one attached hydrogen (secondary N) is 1. The summed E-state index contributed by atoms with van der Waals surface area (Å²) < 4.78 is 27.9. The highest BCUT2D eigenvalue weighted by Crippen LogP contribution is 2.31. The molecule has 2 heterocycles. The molecule has 1 aliphatic carbocycles. The van der Waals surface area contributed by atoms with Crippen LogP contribution in [0, 0.1) is 0 Å². The number of fused-ring (bicyclic) bond motifs is 1. The van der Waals surface area contributed by atoms with E-state index in [1.54, 1.807) is 62.5 Å². The van der Waals surface area contributed by atoms with Crippen LogP contribution in [0.1, 0.15) is 42.2 Å². The predicted molar refractivity (Wildman–Crippen MR) is 150 cm³/mol. The minimum Gasteiger partial charge on any atom is -0.399 e. The highest BCUT2D eigenvalue weighted by atomic mass is 32.2. The van der Waals surface area contributed by atoms with E-state index >= 15 is 0 Å². The SMILES string of the molecule is CNC(=O)c1cccc([C@@H](C)n2cnc3cc(-c4cnn(S(=O)(=O)C5(C)C=C(N)C=CC5)c4)ccc3c2=O)c1. The molecule has 11 heteroatoms. The number of hydrogen-bond acceptors (Lipinski definition) is 7. The van der Waals surface area contributed by atoms with Gasteiger partial charge in [-0.15, -0.1) is 0 Å². The van der Waals surface area contributed by atoms with Crippen molar-refractivity contribution in [3.05, 3.63) is 107 Å². The van der Waals surface area contributed by atoms with Crippen molar-refractivity contribution >= 4 is 26.8 Å². The topological polar surface area (TPSA) is 142 Å². The molecule has 10 nitrogen and oxygen atoms in total. The van der Waals surface area contributed by atoms with E-state index in [1.165, 1.54) is 29.4 Å². The van der Waals surface area contributed by atoms with Gasteiger partial charge in [-0.3, -0.25) is 14.2 Å². The van der Waals surface area contributed by atoms with Crippen LogP contribution >= 0.6 is 0 Å². The van der Waals surface area contributed by atoms with Gasteiger partial charge in [0, 0.05) is 23.9 Å². The maximum atomic E-state index is 13.4. The second kappa shape index (κ2) is 9.66. The number of aromatic nitrogens is 4. The zero-order chi connectivity index (χ0) is 27.9. The molecule has 1 unspecified atom stereocenters. The lowest BCUT2D eigenvalue weighted by atomic mass is 10.0. The first kappa shape index (κ1) is 26.1. The molecule has 2 atom stereocenters. The summed E-state index contributed by atoms with van der Waals surface area (Å²) in [6.07, 6.45) is 9.64. The number of hydrogen-bond donors (Lipinski definition) is 2. The molecule has 39 heavy (non-hydrogen) atoms. The summed E-state index contributed by atoms with van der Waals surface area (Å²) in [5.74, 6) is -0.207. The summed E-state index contributed by atoms with van der Waals surface area (Å²) in [4.78, 5) is 29.9. The molecule has 0 aliphatic heterocycles. The predicted octanol–water partition coefficient (Wildman–Crippen LogP) is 2.97. The second-order valence-corrected chi connectivity index (χ2v) is 12.0. The van der Waals surface area contributed by atoms with Crippen LogP contribution < -0.4 is 16.6 Å². The summed E-state index contributed by atoms with van der Waals surface area (Å²) >= 11 is 0. The number of benzene rings is 2. The number of nitrogens with two attached hydrogens (primary N) is 1. The normalized spacial score (nSPS) is 18.1. The number of carbonyl (C=O) groups excluding carboxylic acids is 1. The van der Waals surface area contributed by atoms with Crippen molar-refractivity contribution in [1.29, 1.82) is 0 Å². The second-order valence-electron chi connectivity index (χ2n) is 9.74. The van der Waals surface area contributed by atoms with Gasteiger partial charge < -0.3 is 11.1 Å². The van der Waals surface area contributed by atoms with E-state index in [4.69, 9.17) is 5.73 Å². The summed E-state index contributed by atoms with van der Waals surface area (Å²) in [6.45, 7) is 3.48. The lowest BCUT2D eigenvalue weighted by molar-refractivity contribution is 0.0963. The van der Waals surface area contributed by atoms with Crippen molar-refractivity contribution < 1.29 is 13.2 Å². The van der Waals surface area contributed by atoms with Gasteiger partial charge in [0.2, 0.25) is 0 Å². The Hall–Kier alpha value is -4.51. The highest BCUT2D eigenvalue weighted by molar-refractivity contribution is 7.91. The summed E-state index contributed by atoms with van der Waals surface area (Å²) in [5, 5.41) is 7.14. The van der Waals surface area contributed by atoms with Gasteiger partial charge in [-0.1, -0.05) is 24.3 Å². The standard InChI is InChI=1S/C28H28N6O4S/c1-18(19-6-4-7-21(12-19)26(35)30-3)33-17-31-25-13-20(9-10-24(25)27(33)36)22-15-32-34(16-22)39(37,38)28(2)11-5-8-23(29)14-28/h4-10,12-18H,11,29H2,1-3H3,(H,30,35)/t18-,28?/m1/s1. The quantitative estimate of drug-likeness (QED) is 0.380. The first-order chi connectivity index (χ1) is 18.5. The monoisotopic (exact) mass is 544 g/mol. The third kappa shape index (κ3) is 4.54. The van der Waals surface area contributed by atoms with Crippen LogP contribution in [-0.2, 0) is 10.0 Å². The molecule has 0 saturated carbocycles. The molecule has 0 bridgehead atoms. The number of carbonyl (C=O) groups is 1. The van der Waals surface area contributed by atoms with Crippen molar-refractivity contribution in [2.45, 2.75) is 31.1 Å². The summed E-state index contributed by atoms with van der Waals surface area (Å²) in [7, 11) is -2.31. The van der Waals surface area contributed by atoms with E-state index in [0.717, 1.165) is 9.65 Å². The van der Waals surface area contributed by atoms with Crippen molar-refractivity contribution in [2.75, 3.05) is 7.05 Å². The molecular weight excluding hydrogens is 516 g/mol. The van der Waals surface area contributed by atoms with Crippen molar-refractivity contribution in [3.8, 4) is 11.1 Å². The Morgan fingerprint density at radius 2 is 1.97 bits per heavy atom. The molecule has 3 N–H and O–H groups in total. The van der Waals surface area contributed by atoms with E-state index in [-0.39, 0.29) is 23.9 Å². The lowest BCUT2D eigenvalue weighted by Crippen LogP contribution is -2.39. The van der Waals surface area contributed by atoms with Gasteiger partial charge in [0.05, 0.1) is 35.7 Å². The van der Waals surface area contributed by atoms with Crippen LogP contribution in [0.5, 0.6) is 0 Å². The lowest BCUT2D eigenvalue weighted by Gasteiger charge is -2.27. The van der Waals surface area contributed by atoms with Crippen molar-refractivity contribution in [2.24, 2.45) is 5.73 Å². The first-order valence-corrected chi connectivity index (χ1v) is 13.8. The molecule has 0 spiro atoms. The Morgan fingerprint density at radius 1 is 1.18 bits per heavy atom. The van der Waals surface area contributed by atoms with Crippen LogP contribution in [-0.4, -0.2) is 44.9 Å². The van der Waals surface area contributed by atoms with E-state index in [0.29, 0.717) is 33.3 Å². The van der Waals surface area contributed by atoms with Gasteiger partial charge >= 0.3 is 0 Å². The molecule has 5 rings (SSSR count). The molecule has 200 valence electrons. The Balaban J connectivity index is 1.47. The Morgan fingerprint density at radius 3 is 2.72 bits per heavy atom. The van der Waals surface area contributed by atoms with E-state index in [9.17, 15) is 18.0 Å². The Labute approximate surface area is 225 Å². The third-order valence-electron chi connectivity index (χ3n) is 7.09. The molecule has 4 aromatic rings. The van der Waals surface area contributed by atoms with Gasteiger partial charge in [0.15, 0.2) is 0 Å². The number of rotatable bonds is 6. The molecule has 2 aromatic carbocycles. The van der Waals surface area contributed by atoms with Gasteiger partial charge in [-0.05, 0) is 67.8 Å². The van der Waals surface area contributed by atoms with Crippen molar-refractivity contribution in [1.82, 2.24) is 24.1 Å². The molecular formula is C28H28N6O4S. The van der Waals surface area contributed by atoms with Crippen LogP contribution in [0.15, 0.2) is 89.9 Å². The maximum absolute atomic E-state index is 13.4. The van der Waals surface area contributed by atoms with Crippen LogP contribution in [0.4, 0.5) is 0 Å². The van der Waals surface area contributed by atoms with Gasteiger partial charge in [-0.2, -0.15) is 9.19 Å². The Kier molecular flexibility index (Phi) is 6.47. The summed E-state index contributed by atoms with van der Waals surface area (Å²) in [6, 6.07) is 11.9. The molecule has 0 saturated heterocycles. The molecule has 1 amide bonds. The van der Waals surface area contributed by atoms with Crippen LogP contribution in [0.2, 0.25) is 0 Å². The molecule has 0 fully saturated rings. The average molecular weight is 545 g/mol. The molecule has 2 aromatic heterocycles. The minimum absolute atomic E-state index is 0.207. The number of nitrogens with zero attached hydrogens (tertiary/aromatic N) is 4. The first-order valence-electron chi connectivity index (χ1n) is 12.3. The molecule has 0 radical (unpaired) electrons. The molecule has 1 aliphatic rings. The van der Waals surface area contributed by atoms with Gasteiger partial charge in [-0.25, -0.2) is 13.4 Å². The van der Waals surface area contributed by atoms with Gasteiger partial charge in [0.25, 0.3) is 21.5 Å². The summed E-state index contributed by atoms with van der Waals surface area (Å²) in [5.41, 5.74) is 9.02. The zero-order valence-corrected chi connectivity index (χ0v) is 22.5. The third-order valence-corrected chi connectivity index (χ3v) is 9.25. The fourth-order valence-electron chi connectivity index (χ4n) is 4.70. The zero-order valence-electron chi connectivity index (χ0n) is 21.7. The van der Waals surface area contributed by atoms with Crippen LogP contribution in [0.25, 0.3) is 22.0 Å². The number of amides is 1. The van der Waals surface area contributed by atoms with E-state index in [2.05, 4.69) is 15.4 Å². The highest BCUT2D eigenvalue weighted by Gasteiger charge is 2.39. The smallest absolute Gasteiger partial charge is 0.263 e. The largest absolute Gasteiger partial charge is 0.399 e. The van der Waals surface area contributed by atoms with Crippen molar-refractivity contribution in [3.63, 3.8) is 0 Å².